The smallest absolute Gasteiger partial charge is 0.247 e. The summed E-state index contributed by atoms with van der Waals surface area (Å²) in [5.41, 5.74) is 0. The summed E-state index contributed by atoms with van der Waals surface area (Å²) in [6, 6.07) is -12.7. The third-order valence-corrected chi connectivity index (χ3v) is 16.3. The number of nitrogens with zero attached hydrogens (tertiary/aromatic N) is 7. The molecule has 0 aromatic rings. The molecule has 1 rings (SSSR count). The van der Waals surface area contributed by atoms with Crippen LogP contribution >= 0.6 is 0 Å². The summed E-state index contributed by atoms with van der Waals surface area (Å²) in [6.45, 7) is 27.4. The second kappa shape index (κ2) is 36.3. The fraction of sp³-hybridized carbons (Fsp3) is 0.794. The molecule has 0 bridgehead atoms. The van der Waals surface area contributed by atoms with E-state index in [1.54, 1.807) is 60.6 Å². The zero-order valence-corrected chi connectivity index (χ0v) is 57.2. The van der Waals surface area contributed by atoms with E-state index in [-0.39, 0.29) is 62.4 Å². The first-order valence-electron chi connectivity index (χ1n) is 31.1. The summed E-state index contributed by atoms with van der Waals surface area (Å²) in [5, 5.41) is 23.1. The summed E-state index contributed by atoms with van der Waals surface area (Å²) < 4.78 is 5.42. The van der Waals surface area contributed by atoms with E-state index in [9.17, 15) is 43.5 Å². The van der Waals surface area contributed by atoms with E-state index in [2.05, 4.69) is 21.3 Å². The molecule has 1 fully saturated rings. The van der Waals surface area contributed by atoms with Crippen LogP contribution in [0, 0.1) is 41.4 Å². The van der Waals surface area contributed by atoms with Gasteiger partial charge in [0.1, 0.15) is 60.4 Å². The lowest BCUT2D eigenvalue weighted by molar-refractivity contribution is -0.157. The van der Waals surface area contributed by atoms with Crippen LogP contribution in [0.4, 0.5) is 0 Å². The molecule has 0 aromatic carbocycles. The van der Waals surface area contributed by atoms with E-state index in [1.807, 2.05) is 55.4 Å². The number of allylic oxidation sites excluding steroid dienone is 2. The molecule has 5 N–H and O–H groups in total. The van der Waals surface area contributed by atoms with Crippen molar-refractivity contribution < 1.29 is 62.6 Å². The Balaban J connectivity index is 4.39. The molecule has 0 saturated carbocycles. The summed E-state index contributed by atoms with van der Waals surface area (Å²) in [7, 11) is 11.2. The minimum Gasteiger partial charge on any atom is -0.390 e. The molecule has 1 heterocycles. The average Bonchev–Trinajstić information content (AvgIpc) is 1.08. The minimum absolute atomic E-state index is 0.0176. The van der Waals surface area contributed by atoms with Gasteiger partial charge in [-0.25, -0.2) is 0 Å². The van der Waals surface area contributed by atoms with Crippen LogP contribution in [0.5, 0.6) is 0 Å². The van der Waals surface area contributed by atoms with Crippen LogP contribution in [0.25, 0.3) is 0 Å². The largest absolute Gasteiger partial charge is 0.390 e. The van der Waals surface area contributed by atoms with Gasteiger partial charge < -0.3 is 65.4 Å². The summed E-state index contributed by atoms with van der Waals surface area (Å²) in [5.74, 6) is -10.1. The van der Waals surface area contributed by atoms with E-state index in [4.69, 9.17) is 4.74 Å². The molecule has 1 saturated heterocycles. The Morgan fingerprint density at radius 1 is 0.494 bits per heavy atom. The molecule has 87 heavy (non-hydrogen) atoms. The van der Waals surface area contributed by atoms with Gasteiger partial charge >= 0.3 is 0 Å². The number of ether oxygens (including phenoxy) is 1. The van der Waals surface area contributed by atoms with Crippen molar-refractivity contribution in [3.63, 3.8) is 0 Å². The summed E-state index contributed by atoms with van der Waals surface area (Å²) in [4.78, 5) is 169. The maximum atomic E-state index is 15.2. The van der Waals surface area contributed by atoms with Crippen LogP contribution in [-0.2, 0) is 57.5 Å². The summed E-state index contributed by atoms with van der Waals surface area (Å²) >= 11 is 0. The van der Waals surface area contributed by atoms with Gasteiger partial charge in [-0.3, -0.25) is 52.7 Å². The molecule has 0 unspecified atom stereocenters. The topological polar surface area (TPSA) is 288 Å². The van der Waals surface area contributed by atoms with E-state index in [0.29, 0.717) is 6.42 Å². The molecular weight excluding hydrogens is 1120 g/mol. The number of carbonyl (C=O) groups is 11. The predicted octanol–water partition coefficient (Wildman–Crippen LogP) is 2.90. The molecule has 12 atom stereocenters. The highest BCUT2D eigenvalue weighted by Crippen LogP contribution is 2.26. The number of carbonyl (C=O) groups excluding carboxylic acids is 11. The lowest BCUT2D eigenvalue weighted by atomic mass is 9.91. The van der Waals surface area contributed by atoms with Gasteiger partial charge in [0, 0.05) is 56.4 Å². The van der Waals surface area contributed by atoms with E-state index in [0.717, 1.165) is 9.80 Å². The normalized spacial score (nSPS) is 26.6. The Hall–Kier alpha value is -6.17. The van der Waals surface area contributed by atoms with Gasteiger partial charge in [-0.2, -0.15) is 0 Å². The number of hydrogen-bond donors (Lipinski definition) is 5. The van der Waals surface area contributed by atoms with Crippen LogP contribution in [0.1, 0.15) is 149 Å². The number of hydrogen-bond acceptors (Lipinski definition) is 13. The number of rotatable bonds is 17. The molecule has 498 valence electrons. The number of aliphatic hydroxyl groups is 1. The van der Waals surface area contributed by atoms with Crippen molar-refractivity contribution in [3.8, 4) is 0 Å². The second-order valence-corrected chi connectivity index (χ2v) is 26.4. The van der Waals surface area contributed by atoms with Gasteiger partial charge in [0.15, 0.2) is 0 Å². The standard InChI is InChI=1S/C63H113N11O13/c1-25-27-28-41(15)53(76)52-57(80)65-43(26-2)58(81)68(17)33-49(75)69(18)45(29-35(3)4)56(79)67-50(39(11)12)62(85)70(19)46(30-36(5)6)55(78)64-42(16)54(77)66-44(34-87-24)59(82)71(20)47(31-37(7)8)60(83)72(21)48(32-38(9)10)61(84)73(22)51(40(13)14)63(86)74(52)23/h25,27,35-48,50-53,76H,26,28-34H2,1-24H3,(H,64,78)(H,65,80)(H,66,77)(H,67,79)/b27-25+/t41-,42+,43+,44-,45+,46+,47+,48+,50+,51+,52+,53-/m1/s1. The molecule has 0 radical (unpaired) electrons. The van der Waals surface area contributed by atoms with Crippen LogP contribution in [-0.4, -0.2) is 241 Å². The molecule has 24 heteroatoms. The number of nitrogens with one attached hydrogen (secondary N) is 4. The van der Waals surface area contributed by atoms with Crippen molar-refractivity contribution in [2.45, 2.75) is 216 Å². The number of methoxy groups -OCH3 is 1. The van der Waals surface area contributed by atoms with Gasteiger partial charge in [-0.05, 0) is 93.8 Å². The quantitative estimate of drug-likeness (QED) is 0.131. The van der Waals surface area contributed by atoms with Crippen molar-refractivity contribution in [2.75, 3.05) is 69.6 Å². The van der Waals surface area contributed by atoms with E-state index < -0.39 is 156 Å². The van der Waals surface area contributed by atoms with E-state index >= 15 is 14.4 Å². The molecule has 0 aliphatic carbocycles. The Bertz CT molecular complexity index is 2360. The highest BCUT2D eigenvalue weighted by atomic mass is 16.5. The molecular formula is C63H113N11O13. The zero-order chi connectivity index (χ0) is 67.4. The second-order valence-electron chi connectivity index (χ2n) is 26.4. The highest BCUT2D eigenvalue weighted by Gasteiger charge is 2.46. The molecule has 24 nitrogen and oxygen atoms in total. The number of amides is 11. The Kier molecular flexibility index (Phi) is 32.9. The van der Waals surface area contributed by atoms with Gasteiger partial charge in [0.25, 0.3) is 0 Å². The van der Waals surface area contributed by atoms with Crippen LogP contribution < -0.4 is 21.3 Å². The van der Waals surface area contributed by atoms with Crippen LogP contribution in [0.3, 0.4) is 0 Å². The lowest BCUT2D eigenvalue weighted by Crippen LogP contribution is -2.63. The van der Waals surface area contributed by atoms with E-state index in [1.165, 1.54) is 87.9 Å². The van der Waals surface area contributed by atoms with Gasteiger partial charge in [-0.1, -0.05) is 109 Å². The Morgan fingerprint density at radius 2 is 0.920 bits per heavy atom. The molecule has 11 amide bonds. The van der Waals surface area contributed by atoms with Crippen molar-refractivity contribution in [1.82, 2.24) is 55.6 Å². The van der Waals surface area contributed by atoms with Gasteiger partial charge in [0.2, 0.25) is 65.0 Å². The highest BCUT2D eigenvalue weighted by molar-refractivity contribution is 5.99. The monoisotopic (exact) mass is 1230 g/mol. The van der Waals surface area contributed by atoms with Crippen molar-refractivity contribution in [2.24, 2.45) is 41.4 Å². The first-order chi connectivity index (χ1) is 40.2. The third kappa shape index (κ3) is 22.4. The van der Waals surface area contributed by atoms with Gasteiger partial charge in [0.05, 0.1) is 19.3 Å². The number of aliphatic hydroxyl groups excluding tert-OH is 1. The fourth-order valence-electron chi connectivity index (χ4n) is 10.9. The lowest BCUT2D eigenvalue weighted by Gasteiger charge is -2.41. The van der Waals surface area contributed by atoms with Gasteiger partial charge in [-0.15, -0.1) is 0 Å². The van der Waals surface area contributed by atoms with Crippen LogP contribution in [0.15, 0.2) is 12.2 Å². The molecule has 1 aliphatic rings. The van der Waals surface area contributed by atoms with Crippen molar-refractivity contribution >= 4 is 65.0 Å². The molecule has 0 spiro atoms. The SMILES string of the molecule is C/C=C/C[C@@H](C)[C@@H](O)[C@H]1C(=O)N[C@@H](CC)C(=O)N(C)CC(=O)N(C)[C@@H](CC(C)C)C(=O)N[C@@H](C(C)C)C(=O)N(C)[C@@H](CC(C)C)C(=O)N[C@@H](C)C(=O)N[C@H](COC)C(=O)N(C)[C@@H](CC(C)C)C(=O)N(C)[C@@H](CC(C)C)C(=O)N(C)[C@@H](C(C)C)C(=O)N1C. The summed E-state index contributed by atoms with van der Waals surface area (Å²) in [6.07, 6.45) is 2.94. The number of likely N-dealkylation sites (N-methyl/N-ethyl adjacent to an activating group) is 7. The Morgan fingerprint density at radius 3 is 1.37 bits per heavy atom. The third-order valence-electron chi connectivity index (χ3n) is 16.3. The Labute approximate surface area is 520 Å². The zero-order valence-electron chi connectivity index (χ0n) is 57.2. The maximum absolute atomic E-state index is 15.2. The molecule has 0 aromatic heterocycles. The molecule has 1 aliphatic heterocycles. The van der Waals surface area contributed by atoms with Crippen molar-refractivity contribution in [1.29, 1.82) is 0 Å². The van der Waals surface area contributed by atoms with Crippen LogP contribution in [0.2, 0.25) is 0 Å². The van der Waals surface area contributed by atoms with Crippen molar-refractivity contribution in [3.05, 3.63) is 12.2 Å². The maximum Gasteiger partial charge on any atom is 0.247 e. The fourth-order valence-corrected chi connectivity index (χ4v) is 10.9. The first kappa shape index (κ1) is 78.8. The predicted molar refractivity (Wildman–Crippen MR) is 335 cm³/mol. The first-order valence-corrected chi connectivity index (χ1v) is 31.1. The average molecular weight is 1230 g/mol. The minimum atomic E-state index is -1.62.